The topological polar surface area (TPSA) is 36.4 Å². The second-order valence-electron chi connectivity index (χ2n) is 5.58. The fourth-order valence-electron chi connectivity index (χ4n) is 2.33. The molecular formula is C17H17F4N3O. The summed E-state index contributed by atoms with van der Waals surface area (Å²) in [6.07, 6.45) is 0. The Hall–Kier alpha value is -2.64. The van der Waals surface area contributed by atoms with Crippen LogP contribution in [0.15, 0.2) is 24.3 Å². The molecule has 0 saturated carbocycles. The van der Waals surface area contributed by atoms with Crippen molar-refractivity contribution in [2.24, 2.45) is 0 Å². The number of rotatable bonds is 5. The SMILES string of the molecule is CCN(Cc1ccc(C(=O)N(C)C)cc1)c1c(F)c(F)nc(F)c1F. The van der Waals surface area contributed by atoms with Crippen molar-refractivity contribution in [2.75, 3.05) is 25.5 Å². The number of aromatic nitrogens is 1. The van der Waals surface area contributed by atoms with Gasteiger partial charge in [0.05, 0.1) is 0 Å². The van der Waals surface area contributed by atoms with Crippen LogP contribution in [0.2, 0.25) is 0 Å². The highest BCUT2D eigenvalue weighted by Gasteiger charge is 2.24. The zero-order valence-electron chi connectivity index (χ0n) is 14.0. The number of hydrogen-bond donors (Lipinski definition) is 0. The van der Waals surface area contributed by atoms with E-state index in [0.29, 0.717) is 11.1 Å². The molecule has 1 amide bonds. The lowest BCUT2D eigenvalue weighted by molar-refractivity contribution is 0.0827. The monoisotopic (exact) mass is 355 g/mol. The fraction of sp³-hybridized carbons (Fsp3) is 0.294. The molecule has 0 unspecified atom stereocenters. The van der Waals surface area contributed by atoms with Gasteiger partial charge in [0.25, 0.3) is 17.8 Å². The van der Waals surface area contributed by atoms with Crippen molar-refractivity contribution in [3.63, 3.8) is 0 Å². The molecule has 1 aromatic carbocycles. The van der Waals surface area contributed by atoms with Crippen molar-refractivity contribution in [1.82, 2.24) is 9.88 Å². The van der Waals surface area contributed by atoms with E-state index in [1.54, 1.807) is 45.3 Å². The Morgan fingerprint density at radius 1 is 1.00 bits per heavy atom. The van der Waals surface area contributed by atoms with Gasteiger partial charge in [-0.15, -0.1) is 0 Å². The van der Waals surface area contributed by atoms with Crippen LogP contribution in [0.1, 0.15) is 22.8 Å². The van der Waals surface area contributed by atoms with Crippen LogP contribution < -0.4 is 4.90 Å². The molecule has 0 spiro atoms. The van der Waals surface area contributed by atoms with Gasteiger partial charge in [0.1, 0.15) is 5.69 Å². The van der Waals surface area contributed by atoms with Crippen molar-refractivity contribution in [2.45, 2.75) is 13.5 Å². The van der Waals surface area contributed by atoms with E-state index in [9.17, 15) is 22.4 Å². The van der Waals surface area contributed by atoms with Crippen LogP contribution in [0.5, 0.6) is 0 Å². The van der Waals surface area contributed by atoms with E-state index < -0.39 is 29.2 Å². The highest BCUT2D eigenvalue weighted by molar-refractivity contribution is 5.93. The lowest BCUT2D eigenvalue weighted by Gasteiger charge is -2.24. The molecule has 1 heterocycles. The normalized spacial score (nSPS) is 10.7. The Morgan fingerprint density at radius 2 is 1.52 bits per heavy atom. The molecule has 0 radical (unpaired) electrons. The summed E-state index contributed by atoms with van der Waals surface area (Å²) in [5.41, 5.74) is 0.268. The molecule has 134 valence electrons. The molecule has 8 heteroatoms. The summed E-state index contributed by atoms with van der Waals surface area (Å²) in [4.78, 5) is 17.0. The largest absolute Gasteiger partial charge is 0.362 e. The summed E-state index contributed by atoms with van der Waals surface area (Å²) in [6, 6.07) is 6.38. The van der Waals surface area contributed by atoms with E-state index in [0.717, 1.165) is 4.90 Å². The number of anilines is 1. The fourth-order valence-corrected chi connectivity index (χ4v) is 2.33. The second kappa shape index (κ2) is 7.50. The lowest BCUT2D eigenvalue weighted by atomic mass is 10.1. The van der Waals surface area contributed by atoms with E-state index in [4.69, 9.17) is 0 Å². The van der Waals surface area contributed by atoms with Crippen LogP contribution in [-0.4, -0.2) is 36.4 Å². The number of pyridine rings is 1. The van der Waals surface area contributed by atoms with Gasteiger partial charge in [-0.3, -0.25) is 4.79 Å². The minimum absolute atomic E-state index is 0.00364. The Balaban J connectivity index is 2.31. The number of benzene rings is 1. The van der Waals surface area contributed by atoms with E-state index >= 15 is 0 Å². The van der Waals surface area contributed by atoms with Crippen LogP contribution in [0.4, 0.5) is 23.2 Å². The summed E-state index contributed by atoms with van der Waals surface area (Å²) in [5, 5.41) is 0. The van der Waals surface area contributed by atoms with Crippen LogP contribution in [0, 0.1) is 23.5 Å². The second-order valence-corrected chi connectivity index (χ2v) is 5.58. The average molecular weight is 355 g/mol. The summed E-state index contributed by atoms with van der Waals surface area (Å²) in [5.74, 6) is -6.66. The number of nitrogens with zero attached hydrogens (tertiary/aromatic N) is 3. The molecule has 0 aliphatic rings. The standard InChI is InChI=1S/C17H17F4N3O/c1-4-24(14-12(18)15(20)22-16(21)13(14)19)9-10-5-7-11(8-6-10)17(25)23(2)3/h5-8H,4,9H2,1-3H3. The van der Waals surface area contributed by atoms with Gasteiger partial charge in [-0.05, 0) is 24.6 Å². The minimum atomic E-state index is -1.70. The van der Waals surface area contributed by atoms with Crippen LogP contribution >= 0.6 is 0 Å². The summed E-state index contributed by atoms with van der Waals surface area (Å²) in [7, 11) is 3.24. The number of carbonyl (C=O) groups is 1. The molecule has 0 N–H and O–H groups in total. The summed E-state index contributed by atoms with van der Waals surface area (Å²) >= 11 is 0. The highest BCUT2D eigenvalue weighted by atomic mass is 19.2. The van der Waals surface area contributed by atoms with Gasteiger partial charge in [-0.1, -0.05) is 12.1 Å². The maximum atomic E-state index is 13.9. The van der Waals surface area contributed by atoms with Crippen molar-refractivity contribution in [3.05, 3.63) is 58.9 Å². The molecule has 0 fully saturated rings. The predicted octanol–water partition coefficient (Wildman–Crippen LogP) is 3.37. The minimum Gasteiger partial charge on any atom is -0.362 e. The number of amides is 1. The van der Waals surface area contributed by atoms with E-state index in [2.05, 4.69) is 4.98 Å². The summed E-state index contributed by atoms with van der Waals surface area (Å²) in [6.45, 7) is 1.71. The van der Waals surface area contributed by atoms with Gasteiger partial charge < -0.3 is 9.80 Å². The molecule has 0 bridgehead atoms. The molecule has 25 heavy (non-hydrogen) atoms. The van der Waals surface area contributed by atoms with E-state index in [-0.39, 0.29) is 19.0 Å². The zero-order valence-corrected chi connectivity index (χ0v) is 14.0. The molecule has 2 rings (SSSR count). The maximum absolute atomic E-state index is 13.9. The van der Waals surface area contributed by atoms with Crippen molar-refractivity contribution in [1.29, 1.82) is 0 Å². The van der Waals surface area contributed by atoms with Gasteiger partial charge in [0.2, 0.25) is 11.6 Å². The van der Waals surface area contributed by atoms with Crippen LogP contribution in [-0.2, 0) is 6.54 Å². The van der Waals surface area contributed by atoms with Gasteiger partial charge in [-0.25, -0.2) is 0 Å². The van der Waals surface area contributed by atoms with Gasteiger partial charge in [-0.2, -0.15) is 22.5 Å². The van der Waals surface area contributed by atoms with Gasteiger partial charge in [0.15, 0.2) is 0 Å². The molecular weight excluding hydrogens is 338 g/mol. The molecule has 0 aliphatic carbocycles. The quantitative estimate of drug-likeness (QED) is 0.610. The maximum Gasteiger partial charge on any atom is 0.253 e. The zero-order chi connectivity index (χ0) is 18.7. The third-order valence-corrected chi connectivity index (χ3v) is 3.65. The first kappa shape index (κ1) is 18.7. The molecule has 0 atom stereocenters. The van der Waals surface area contributed by atoms with E-state index in [1.807, 2.05) is 0 Å². The third-order valence-electron chi connectivity index (χ3n) is 3.65. The van der Waals surface area contributed by atoms with Crippen molar-refractivity contribution in [3.8, 4) is 0 Å². The Labute approximate surface area is 142 Å². The first-order chi connectivity index (χ1) is 11.8. The molecule has 0 aliphatic heterocycles. The molecule has 2 aromatic rings. The average Bonchev–Trinajstić information content (AvgIpc) is 2.59. The van der Waals surface area contributed by atoms with Gasteiger partial charge in [0, 0.05) is 32.7 Å². The summed E-state index contributed by atoms with van der Waals surface area (Å²) < 4.78 is 54.4. The number of hydrogen-bond acceptors (Lipinski definition) is 3. The molecule has 1 aromatic heterocycles. The smallest absolute Gasteiger partial charge is 0.253 e. The highest BCUT2D eigenvalue weighted by Crippen LogP contribution is 2.27. The lowest BCUT2D eigenvalue weighted by Crippen LogP contribution is -2.26. The van der Waals surface area contributed by atoms with Crippen LogP contribution in [0.3, 0.4) is 0 Å². The van der Waals surface area contributed by atoms with Crippen LogP contribution in [0.25, 0.3) is 0 Å². The molecule has 4 nitrogen and oxygen atoms in total. The van der Waals surface area contributed by atoms with Gasteiger partial charge >= 0.3 is 0 Å². The Kier molecular flexibility index (Phi) is 5.61. The Bertz CT molecular complexity index is 752. The first-order valence-electron chi connectivity index (χ1n) is 7.51. The molecule has 0 saturated heterocycles. The Morgan fingerprint density at radius 3 is 1.96 bits per heavy atom. The van der Waals surface area contributed by atoms with Crippen molar-refractivity contribution < 1.29 is 22.4 Å². The third kappa shape index (κ3) is 3.89. The number of carbonyl (C=O) groups excluding carboxylic acids is 1. The predicted molar refractivity (Wildman–Crippen MR) is 85.3 cm³/mol. The number of halogens is 4. The van der Waals surface area contributed by atoms with Crippen molar-refractivity contribution >= 4 is 11.6 Å². The van der Waals surface area contributed by atoms with E-state index in [1.165, 1.54) is 4.90 Å². The first-order valence-corrected chi connectivity index (χ1v) is 7.51.